The fourth-order valence-electron chi connectivity index (χ4n) is 3.82. The fourth-order valence-corrected chi connectivity index (χ4v) is 3.82. The predicted octanol–water partition coefficient (Wildman–Crippen LogP) is 6.52. The van der Waals surface area contributed by atoms with Crippen LogP contribution in [0.15, 0.2) is 47.1 Å². The van der Waals surface area contributed by atoms with Gasteiger partial charge in [-0.2, -0.15) is 0 Å². The number of esters is 1. The van der Waals surface area contributed by atoms with E-state index in [4.69, 9.17) is 9.47 Å². The summed E-state index contributed by atoms with van der Waals surface area (Å²) in [5.74, 6) is -0.404. The molecule has 31 heavy (non-hydrogen) atoms. The minimum Gasteiger partial charge on any atom is -0.455 e. The van der Waals surface area contributed by atoms with E-state index in [0.717, 1.165) is 30.4 Å². The highest BCUT2D eigenvalue weighted by Gasteiger charge is 2.31. The minimum absolute atomic E-state index is 0.115. The first-order valence-corrected chi connectivity index (χ1v) is 11.4. The minimum atomic E-state index is -0.466. The summed E-state index contributed by atoms with van der Waals surface area (Å²) in [6, 6.07) is 0. The molecule has 0 radical (unpaired) electrons. The number of carbonyl (C=O) groups excluding carboxylic acids is 2. The summed E-state index contributed by atoms with van der Waals surface area (Å²) < 4.78 is 11.5. The quantitative estimate of drug-likeness (QED) is 0.262. The highest BCUT2D eigenvalue weighted by atomic mass is 16.5. The molecule has 4 atom stereocenters. The number of ketones is 1. The Balaban J connectivity index is 3.35. The summed E-state index contributed by atoms with van der Waals surface area (Å²) in [6.45, 7) is 14.2. The maximum atomic E-state index is 13.0. The van der Waals surface area contributed by atoms with Crippen LogP contribution in [-0.2, 0) is 19.1 Å². The molecule has 0 aromatic carbocycles. The van der Waals surface area contributed by atoms with Gasteiger partial charge in [0, 0.05) is 25.5 Å². The smallest absolute Gasteiger partial charge is 0.331 e. The summed E-state index contributed by atoms with van der Waals surface area (Å²) in [6.07, 6.45) is 12.9. The Morgan fingerprint density at radius 1 is 1.23 bits per heavy atom. The molecule has 4 nitrogen and oxygen atoms in total. The van der Waals surface area contributed by atoms with Gasteiger partial charge in [-0.1, -0.05) is 50.1 Å². The summed E-state index contributed by atoms with van der Waals surface area (Å²) in [5, 5.41) is 0. The van der Waals surface area contributed by atoms with E-state index < -0.39 is 6.10 Å². The van der Waals surface area contributed by atoms with Gasteiger partial charge in [-0.05, 0) is 70.4 Å². The van der Waals surface area contributed by atoms with Gasteiger partial charge in [-0.15, -0.1) is 0 Å². The molecule has 0 fully saturated rings. The van der Waals surface area contributed by atoms with E-state index in [0.29, 0.717) is 6.42 Å². The molecule has 174 valence electrons. The largest absolute Gasteiger partial charge is 0.455 e. The SMILES string of the molecule is CC/C1=C/C[C@](C)(CCC=C(C)C)C=C[C@@H](OC(=O)C=C(C)C)[C@@H](C)[C@H](OC)CC1=O. The molecule has 0 saturated heterocycles. The Labute approximate surface area is 189 Å². The molecule has 0 N–H and O–H groups in total. The molecular weight excluding hydrogens is 388 g/mol. The second-order valence-corrected chi connectivity index (χ2v) is 9.50. The van der Waals surface area contributed by atoms with Gasteiger partial charge in [0.25, 0.3) is 0 Å². The number of hydrogen-bond acceptors (Lipinski definition) is 4. The molecule has 1 aliphatic carbocycles. The Hall–Kier alpha value is -1.94. The van der Waals surface area contributed by atoms with Crippen LogP contribution in [0.5, 0.6) is 0 Å². The van der Waals surface area contributed by atoms with Crippen molar-refractivity contribution in [2.24, 2.45) is 11.3 Å². The lowest BCUT2D eigenvalue weighted by molar-refractivity contribution is -0.145. The second-order valence-electron chi connectivity index (χ2n) is 9.50. The van der Waals surface area contributed by atoms with Crippen molar-refractivity contribution in [2.45, 2.75) is 92.8 Å². The number of carbonyl (C=O) groups is 2. The zero-order valence-corrected chi connectivity index (χ0v) is 20.8. The molecule has 0 amide bonds. The summed E-state index contributed by atoms with van der Waals surface area (Å²) in [7, 11) is 1.62. The molecule has 0 aromatic heterocycles. The third kappa shape index (κ3) is 9.39. The maximum Gasteiger partial charge on any atom is 0.331 e. The van der Waals surface area contributed by atoms with Crippen molar-refractivity contribution in [3.63, 3.8) is 0 Å². The van der Waals surface area contributed by atoms with E-state index in [1.54, 1.807) is 7.11 Å². The van der Waals surface area contributed by atoms with E-state index in [1.807, 2.05) is 33.8 Å². The Kier molecular flexibility index (Phi) is 11.2. The molecule has 0 heterocycles. The van der Waals surface area contributed by atoms with Gasteiger partial charge in [0.15, 0.2) is 5.78 Å². The highest BCUT2D eigenvalue weighted by Crippen LogP contribution is 2.34. The average molecular weight is 431 g/mol. The van der Waals surface area contributed by atoms with Crippen LogP contribution in [0.25, 0.3) is 0 Å². The van der Waals surface area contributed by atoms with Crippen LogP contribution in [-0.4, -0.2) is 31.1 Å². The van der Waals surface area contributed by atoms with E-state index in [2.05, 4.69) is 39.0 Å². The fraction of sp³-hybridized carbons (Fsp3) is 0.630. The van der Waals surface area contributed by atoms with Gasteiger partial charge >= 0.3 is 5.97 Å². The Bertz CT molecular complexity index is 732. The van der Waals surface area contributed by atoms with Gasteiger partial charge in [0.2, 0.25) is 0 Å². The lowest BCUT2D eigenvalue weighted by Gasteiger charge is -2.29. The third-order valence-electron chi connectivity index (χ3n) is 5.96. The molecule has 0 aliphatic heterocycles. The summed E-state index contributed by atoms with van der Waals surface area (Å²) in [5.41, 5.74) is 2.91. The molecule has 4 heteroatoms. The van der Waals surface area contributed by atoms with Gasteiger partial charge < -0.3 is 9.47 Å². The van der Waals surface area contributed by atoms with E-state index in [9.17, 15) is 9.59 Å². The van der Waals surface area contributed by atoms with Crippen molar-refractivity contribution in [3.8, 4) is 0 Å². The van der Waals surface area contributed by atoms with Gasteiger partial charge in [-0.3, -0.25) is 4.79 Å². The molecule has 0 saturated carbocycles. The third-order valence-corrected chi connectivity index (χ3v) is 5.96. The monoisotopic (exact) mass is 430 g/mol. The lowest BCUT2D eigenvalue weighted by Crippen LogP contribution is -2.35. The van der Waals surface area contributed by atoms with Gasteiger partial charge in [-0.25, -0.2) is 4.79 Å². The predicted molar refractivity (Wildman–Crippen MR) is 128 cm³/mol. The lowest BCUT2D eigenvalue weighted by atomic mass is 9.80. The van der Waals surface area contributed by atoms with Gasteiger partial charge in [0.1, 0.15) is 6.10 Å². The molecule has 0 spiro atoms. The Morgan fingerprint density at radius 2 is 1.90 bits per heavy atom. The number of rotatable bonds is 7. The average Bonchev–Trinajstić information content (AvgIpc) is 2.69. The van der Waals surface area contributed by atoms with Crippen LogP contribution in [0, 0.1) is 11.3 Å². The van der Waals surface area contributed by atoms with E-state index in [1.165, 1.54) is 11.6 Å². The van der Waals surface area contributed by atoms with Crippen molar-refractivity contribution in [2.75, 3.05) is 7.11 Å². The van der Waals surface area contributed by atoms with Crippen LogP contribution in [0.3, 0.4) is 0 Å². The normalized spacial score (nSPS) is 28.7. The van der Waals surface area contributed by atoms with E-state index >= 15 is 0 Å². The molecule has 1 aliphatic rings. The number of hydrogen-bond donors (Lipinski definition) is 0. The summed E-state index contributed by atoms with van der Waals surface area (Å²) in [4.78, 5) is 25.4. The molecule has 1 rings (SSSR count). The van der Waals surface area contributed by atoms with Crippen LogP contribution < -0.4 is 0 Å². The first-order valence-electron chi connectivity index (χ1n) is 11.4. The first kappa shape index (κ1) is 27.1. The number of Topliss-reactive ketones (excluding diaryl/α,β-unsaturated/α-hetero) is 1. The first-order chi connectivity index (χ1) is 14.5. The van der Waals surface area contributed by atoms with Crippen molar-refractivity contribution in [1.29, 1.82) is 0 Å². The topological polar surface area (TPSA) is 52.6 Å². The van der Waals surface area contributed by atoms with Gasteiger partial charge in [0.05, 0.1) is 6.10 Å². The van der Waals surface area contributed by atoms with E-state index in [-0.39, 0.29) is 35.6 Å². The highest BCUT2D eigenvalue weighted by molar-refractivity contribution is 5.95. The maximum absolute atomic E-state index is 13.0. The van der Waals surface area contributed by atoms with Crippen LogP contribution in [0.1, 0.15) is 80.6 Å². The number of ether oxygens (including phenoxy) is 2. The van der Waals surface area contributed by atoms with Crippen molar-refractivity contribution >= 4 is 11.8 Å². The Morgan fingerprint density at radius 3 is 2.45 bits per heavy atom. The molecule has 0 aromatic rings. The number of allylic oxidation sites excluding steroid dienone is 6. The number of methoxy groups -OCH3 is 1. The van der Waals surface area contributed by atoms with Crippen molar-refractivity contribution < 1.29 is 19.1 Å². The molecular formula is C27H42O4. The van der Waals surface area contributed by atoms with Crippen molar-refractivity contribution in [3.05, 3.63) is 47.1 Å². The zero-order chi connectivity index (χ0) is 23.6. The van der Waals surface area contributed by atoms with Crippen LogP contribution in [0.2, 0.25) is 0 Å². The zero-order valence-electron chi connectivity index (χ0n) is 20.8. The standard InChI is InChI=1S/C27H42O4/c1-9-22-12-15-27(7,14-10-11-19(2)3)16-13-24(31-26(29)17-20(4)5)21(6)25(30-8)18-23(22)28/h11-13,16-17,21,24-25H,9-10,14-15,18H2,1-8H3/b16-13?,22-12-/t21-,24-,25-,27+/m1/s1. The molecule has 0 unspecified atom stereocenters. The molecule has 0 bridgehead atoms. The van der Waals surface area contributed by atoms with Crippen LogP contribution in [0.4, 0.5) is 0 Å². The second kappa shape index (κ2) is 12.8. The summed E-state index contributed by atoms with van der Waals surface area (Å²) >= 11 is 0. The van der Waals surface area contributed by atoms with Crippen LogP contribution >= 0.6 is 0 Å². The van der Waals surface area contributed by atoms with Crippen molar-refractivity contribution in [1.82, 2.24) is 0 Å².